The molecule has 2 aliphatic carbocycles. The van der Waals surface area contributed by atoms with Crippen molar-refractivity contribution in [3.05, 3.63) is 101 Å². The number of piperidine rings is 2. The predicted octanol–water partition coefficient (Wildman–Crippen LogP) is 14.2. The molecule has 66 heavy (non-hydrogen) atoms. The lowest BCUT2D eigenvalue weighted by molar-refractivity contribution is -0.150. The summed E-state index contributed by atoms with van der Waals surface area (Å²) in [6, 6.07) is 27.8. The molecule has 0 bridgehead atoms. The van der Waals surface area contributed by atoms with E-state index < -0.39 is 0 Å². The summed E-state index contributed by atoms with van der Waals surface area (Å²) in [5.74, 6) is 2.71. The topological polar surface area (TPSA) is 59.1 Å². The number of hydrogen-bond donors (Lipinski definition) is 0. The Morgan fingerprint density at radius 1 is 0.530 bits per heavy atom. The Bertz CT molecular complexity index is 2230. The molecule has 4 aromatic rings. The smallest absolute Gasteiger partial charge is 0.309 e. The minimum atomic E-state index is -0.0177. The van der Waals surface area contributed by atoms with Crippen LogP contribution in [-0.4, -0.2) is 61.1 Å². The second kappa shape index (κ2) is 22.9. The molecule has 2 heterocycles. The molecule has 0 atom stereocenters. The molecule has 0 spiro atoms. The van der Waals surface area contributed by atoms with Gasteiger partial charge in [0.25, 0.3) is 0 Å². The Balaban J connectivity index is 0.000000196. The van der Waals surface area contributed by atoms with E-state index >= 15 is 0 Å². The quantitative estimate of drug-likeness (QED) is 0.140. The SMILES string of the molecule is CCOC(=O)C1CCN(Cc2ccc3cc(C=C4CCC(C(C)(C)C)CC4)ccc3c2)CC1.CCOC(=O)C1CCN(Cc2ccc3cc(CC4CCC(C(C)(C)C)CC4)ccc3c2)CC1. The number of fused-ring (bicyclic) bond motifs is 2. The molecule has 4 aromatic carbocycles. The normalized spacial score (nSPS) is 21.9. The number of carbonyl (C=O) groups excluding carboxylic acids is 2. The lowest BCUT2D eigenvalue weighted by Crippen LogP contribution is -2.36. The first-order valence-electron chi connectivity index (χ1n) is 26.1. The Morgan fingerprint density at radius 2 is 0.939 bits per heavy atom. The lowest BCUT2D eigenvalue weighted by atomic mass is 9.69. The molecule has 2 saturated heterocycles. The van der Waals surface area contributed by atoms with Crippen molar-refractivity contribution in [3.63, 3.8) is 0 Å². The standard InChI is InChI=1S/C30H43NO2.C30H41NO2/c2*1-5-33-29(32)25-14-16-31(17-15-25)21-24-7-11-26-19-23(6-10-27(26)20-24)18-22-8-12-28(13-9-22)30(2,3)4/h6-7,10-11,19-20,22,25,28H,5,8-9,12-18,21H2,1-4H3;6-7,10-11,18-20,25,28H,5,8-9,12-17,21H2,1-4H3. The van der Waals surface area contributed by atoms with Crippen LogP contribution in [0.1, 0.15) is 155 Å². The number of esters is 2. The largest absolute Gasteiger partial charge is 0.466 e. The molecule has 2 aliphatic heterocycles. The molecule has 0 aromatic heterocycles. The maximum Gasteiger partial charge on any atom is 0.309 e. The number of carbonyl (C=O) groups is 2. The Hall–Kier alpha value is -4.00. The van der Waals surface area contributed by atoms with Gasteiger partial charge >= 0.3 is 11.9 Å². The van der Waals surface area contributed by atoms with Crippen LogP contribution in [0.3, 0.4) is 0 Å². The molecular weight excluding hydrogens is 813 g/mol. The summed E-state index contributed by atoms with van der Waals surface area (Å²) >= 11 is 0. The van der Waals surface area contributed by atoms with Crippen LogP contribution in [0.5, 0.6) is 0 Å². The van der Waals surface area contributed by atoms with Gasteiger partial charge in [-0.05, 0) is 214 Å². The van der Waals surface area contributed by atoms with Crippen molar-refractivity contribution in [1.29, 1.82) is 0 Å². The van der Waals surface area contributed by atoms with Crippen molar-refractivity contribution in [2.75, 3.05) is 39.4 Å². The van der Waals surface area contributed by atoms with Gasteiger partial charge in [0, 0.05) is 13.1 Å². The van der Waals surface area contributed by atoms with Gasteiger partial charge < -0.3 is 9.47 Å². The van der Waals surface area contributed by atoms with Crippen LogP contribution in [0.15, 0.2) is 78.4 Å². The second-order valence-corrected chi connectivity index (χ2v) is 22.8. The van der Waals surface area contributed by atoms with E-state index in [1.165, 1.54) is 102 Å². The summed E-state index contributed by atoms with van der Waals surface area (Å²) in [6.45, 7) is 24.9. The third-order valence-electron chi connectivity index (χ3n) is 15.9. The highest BCUT2D eigenvalue weighted by atomic mass is 16.5. The molecule has 0 unspecified atom stereocenters. The molecule has 0 amide bonds. The molecule has 0 N–H and O–H groups in total. The first-order chi connectivity index (χ1) is 31.6. The number of rotatable bonds is 11. The van der Waals surface area contributed by atoms with Crippen molar-refractivity contribution in [3.8, 4) is 0 Å². The maximum absolute atomic E-state index is 12.0. The Labute approximate surface area is 399 Å². The van der Waals surface area contributed by atoms with E-state index in [9.17, 15) is 9.59 Å². The highest BCUT2D eigenvalue weighted by Crippen LogP contribution is 2.42. The van der Waals surface area contributed by atoms with E-state index in [0.717, 1.165) is 82.7 Å². The summed E-state index contributed by atoms with van der Waals surface area (Å²) in [5, 5.41) is 5.33. The van der Waals surface area contributed by atoms with Crippen LogP contribution in [0.2, 0.25) is 0 Å². The molecule has 358 valence electrons. The summed E-state index contributed by atoms with van der Waals surface area (Å²) < 4.78 is 10.4. The van der Waals surface area contributed by atoms with Gasteiger partial charge in [-0.2, -0.15) is 0 Å². The fourth-order valence-electron chi connectivity index (χ4n) is 11.6. The molecule has 0 radical (unpaired) electrons. The Morgan fingerprint density at radius 3 is 1.39 bits per heavy atom. The monoisotopic (exact) mass is 897 g/mol. The number of likely N-dealkylation sites (tertiary alicyclic amines) is 2. The second-order valence-electron chi connectivity index (χ2n) is 22.8. The van der Waals surface area contributed by atoms with Crippen LogP contribution < -0.4 is 0 Å². The number of allylic oxidation sites excluding steroid dienone is 1. The van der Waals surface area contributed by atoms with Gasteiger partial charge in [0.05, 0.1) is 25.0 Å². The van der Waals surface area contributed by atoms with Gasteiger partial charge in [0.1, 0.15) is 0 Å². The van der Waals surface area contributed by atoms with E-state index in [2.05, 4.69) is 130 Å². The molecule has 4 aliphatic rings. The minimum Gasteiger partial charge on any atom is -0.466 e. The number of ether oxygens (including phenoxy) is 2. The summed E-state index contributed by atoms with van der Waals surface area (Å²) in [6.07, 6.45) is 18.0. The van der Waals surface area contributed by atoms with Gasteiger partial charge in [-0.15, -0.1) is 0 Å². The molecule has 8 rings (SSSR count). The molecule has 6 nitrogen and oxygen atoms in total. The summed E-state index contributed by atoms with van der Waals surface area (Å²) in [4.78, 5) is 28.9. The number of benzene rings is 4. The van der Waals surface area contributed by atoms with Crippen LogP contribution >= 0.6 is 0 Å². The van der Waals surface area contributed by atoms with E-state index in [1.807, 2.05) is 13.8 Å². The third kappa shape index (κ3) is 14.0. The van der Waals surface area contributed by atoms with E-state index in [-0.39, 0.29) is 23.8 Å². The van der Waals surface area contributed by atoms with Crippen molar-refractivity contribution < 1.29 is 19.1 Å². The van der Waals surface area contributed by atoms with Gasteiger partial charge in [-0.1, -0.05) is 108 Å². The first-order valence-corrected chi connectivity index (χ1v) is 26.1. The van der Waals surface area contributed by atoms with Crippen molar-refractivity contribution in [1.82, 2.24) is 9.80 Å². The fraction of sp³-hybridized carbons (Fsp3) is 0.600. The molecule has 4 fully saturated rings. The zero-order valence-corrected chi connectivity index (χ0v) is 42.3. The van der Waals surface area contributed by atoms with Crippen LogP contribution in [-0.2, 0) is 38.6 Å². The molecule has 6 heteroatoms. The van der Waals surface area contributed by atoms with Gasteiger partial charge in [0.15, 0.2) is 0 Å². The minimum absolute atomic E-state index is 0.0130. The highest BCUT2D eigenvalue weighted by molar-refractivity contribution is 5.86. The van der Waals surface area contributed by atoms with E-state index in [4.69, 9.17) is 9.47 Å². The van der Waals surface area contributed by atoms with E-state index in [0.29, 0.717) is 24.0 Å². The lowest BCUT2D eigenvalue weighted by Gasteiger charge is -2.37. The molecular formula is C60H84N2O4. The highest BCUT2D eigenvalue weighted by Gasteiger charge is 2.31. The summed E-state index contributed by atoms with van der Waals surface area (Å²) in [7, 11) is 0. The Kier molecular flexibility index (Phi) is 17.3. The van der Waals surface area contributed by atoms with Crippen molar-refractivity contribution in [2.45, 2.75) is 152 Å². The van der Waals surface area contributed by atoms with Crippen LogP contribution in [0.25, 0.3) is 27.6 Å². The zero-order chi connectivity index (χ0) is 46.8. The van der Waals surface area contributed by atoms with E-state index in [1.54, 1.807) is 5.57 Å². The van der Waals surface area contributed by atoms with Gasteiger partial charge in [-0.3, -0.25) is 19.4 Å². The van der Waals surface area contributed by atoms with Gasteiger partial charge in [-0.25, -0.2) is 0 Å². The third-order valence-corrected chi connectivity index (χ3v) is 15.9. The first kappa shape index (κ1) is 49.9. The number of nitrogens with zero attached hydrogens (tertiary/aromatic N) is 2. The van der Waals surface area contributed by atoms with Crippen LogP contribution in [0.4, 0.5) is 0 Å². The van der Waals surface area contributed by atoms with Crippen LogP contribution in [0, 0.1) is 40.4 Å². The summed E-state index contributed by atoms with van der Waals surface area (Å²) in [5.41, 5.74) is 8.05. The predicted molar refractivity (Wildman–Crippen MR) is 275 cm³/mol. The van der Waals surface area contributed by atoms with Gasteiger partial charge in [0.2, 0.25) is 0 Å². The fourth-order valence-corrected chi connectivity index (χ4v) is 11.6. The average Bonchev–Trinajstić information content (AvgIpc) is 3.30. The number of hydrogen-bond acceptors (Lipinski definition) is 6. The average molecular weight is 897 g/mol. The molecule has 2 saturated carbocycles. The maximum atomic E-state index is 12.0. The van der Waals surface area contributed by atoms with Crippen molar-refractivity contribution >= 4 is 39.6 Å². The van der Waals surface area contributed by atoms with Crippen molar-refractivity contribution in [2.24, 2.45) is 40.4 Å². The zero-order valence-electron chi connectivity index (χ0n) is 42.3.